The largest absolute Gasteiger partial charge is 0.382 e. The molecule has 10 bridgehead atoms. The zero-order chi connectivity index (χ0) is 89.7. The van der Waals surface area contributed by atoms with Crippen molar-refractivity contribution in [2.45, 2.75) is 454 Å². The first-order valence-corrected chi connectivity index (χ1v) is 50.6. The molecule has 123 heavy (non-hydrogen) atoms. The first-order valence-electron chi connectivity index (χ1n) is 50.6. The van der Waals surface area contributed by atoms with Gasteiger partial charge in [0.25, 0.3) is 0 Å². The first kappa shape index (κ1) is 93.4. The first-order chi connectivity index (χ1) is 56.7. The van der Waals surface area contributed by atoms with Crippen LogP contribution < -0.4 is 0 Å². The molecule has 20 aliphatic rings. The van der Waals surface area contributed by atoms with E-state index in [0.717, 1.165) is 119 Å². The maximum Gasteiger partial charge on any atom is 0.164 e. The molecule has 0 amide bonds. The summed E-state index contributed by atoms with van der Waals surface area (Å²) >= 11 is 0. The summed E-state index contributed by atoms with van der Waals surface area (Å²) in [6, 6.07) is 0. The predicted octanol–water partition coefficient (Wildman–Crippen LogP) is 22.8. The van der Waals surface area contributed by atoms with Crippen molar-refractivity contribution < 1.29 is 67.4 Å². The third-order valence-electron chi connectivity index (χ3n) is 43.1. The van der Waals surface area contributed by atoms with Crippen LogP contribution in [0.4, 0.5) is 0 Å². The van der Waals surface area contributed by atoms with E-state index in [4.69, 9.17) is 28.4 Å². The smallest absolute Gasteiger partial charge is 0.164 e. The Balaban J connectivity index is 0.000000114. The van der Waals surface area contributed by atoms with E-state index >= 15 is 0 Å². The van der Waals surface area contributed by atoms with Crippen molar-refractivity contribution >= 4 is 35.2 Å². The highest BCUT2D eigenvalue weighted by molar-refractivity contribution is 5.97. The quantitative estimate of drug-likeness (QED) is 0.153. The number of hydrogen-bond donors (Lipinski definition) is 2. The summed E-state index contributed by atoms with van der Waals surface area (Å²) in [6.07, 6.45) is 37.3. The van der Waals surface area contributed by atoms with E-state index in [2.05, 4.69) is 172 Å². The zero-order valence-electron chi connectivity index (χ0n) is 82.0. The number of allylic oxidation sites excluding steroid dienone is 1. The summed E-state index contributed by atoms with van der Waals surface area (Å²) in [5.41, 5.74) is 1.73. The van der Waals surface area contributed by atoms with Gasteiger partial charge in [-0.3, -0.25) is 24.0 Å². The van der Waals surface area contributed by atoms with Crippen molar-refractivity contribution in [3.8, 4) is 0 Å². The molecule has 0 aromatic carbocycles. The fourth-order valence-electron chi connectivity index (χ4n) is 32.3. The number of carbonyl (C=O) groups excluding carboxylic acids is 6. The van der Waals surface area contributed by atoms with Crippen LogP contribution in [0.25, 0.3) is 0 Å². The second-order valence-corrected chi connectivity index (χ2v) is 53.4. The van der Waals surface area contributed by atoms with Crippen molar-refractivity contribution in [2.75, 3.05) is 6.61 Å². The number of Topliss-reactive ketones (excluding diaryl/α,β-unsaturated/α-hetero) is 5. The van der Waals surface area contributed by atoms with Gasteiger partial charge in [0, 0.05) is 56.3 Å². The highest BCUT2D eigenvalue weighted by Gasteiger charge is 2.69. The Morgan fingerprint density at radius 1 is 0.366 bits per heavy atom. The molecule has 14 heteroatoms. The van der Waals surface area contributed by atoms with E-state index in [1.54, 1.807) is 13.8 Å². The van der Waals surface area contributed by atoms with Gasteiger partial charge in [0.15, 0.2) is 23.1 Å². The molecule has 14 nitrogen and oxygen atoms in total. The number of carbonyl (C=O) groups is 6. The molecule has 15 aliphatic carbocycles. The summed E-state index contributed by atoms with van der Waals surface area (Å²) in [4.78, 5) is 74.8. The Morgan fingerprint density at radius 3 is 1.15 bits per heavy atom. The van der Waals surface area contributed by atoms with Gasteiger partial charge >= 0.3 is 0 Å². The highest BCUT2D eigenvalue weighted by atomic mass is 16.6. The van der Waals surface area contributed by atoms with Crippen LogP contribution >= 0.6 is 0 Å². The van der Waals surface area contributed by atoms with E-state index < -0.39 is 11.2 Å². The second kappa shape index (κ2) is 30.9. The van der Waals surface area contributed by atoms with Crippen molar-refractivity contribution in [1.82, 2.24) is 0 Å². The van der Waals surface area contributed by atoms with Crippen LogP contribution in [0, 0.1) is 161 Å². The van der Waals surface area contributed by atoms with Crippen LogP contribution in [0.1, 0.15) is 379 Å². The monoisotopic (exact) mass is 1710 g/mol. The zero-order valence-corrected chi connectivity index (χ0v) is 82.0. The molecule has 0 aromatic heterocycles. The fourth-order valence-corrected chi connectivity index (χ4v) is 32.3. The molecule has 692 valence electrons. The Bertz CT molecular complexity index is 4110. The van der Waals surface area contributed by atoms with Crippen molar-refractivity contribution in [3.63, 3.8) is 0 Å². The lowest BCUT2D eigenvalue weighted by Gasteiger charge is -2.54. The Morgan fingerprint density at radius 2 is 0.715 bits per heavy atom. The van der Waals surface area contributed by atoms with Gasteiger partial charge in [-0.1, -0.05) is 138 Å². The van der Waals surface area contributed by atoms with Gasteiger partial charge < -0.3 is 43.4 Å². The molecule has 5 saturated heterocycles. The van der Waals surface area contributed by atoms with E-state index in [-0.39, 0.29) is 121 Å². The lowest BCUT2D eigenvalue weighted by Crippen LogP contribution is -2.59. The average Bonchev–Trinajstić information content (AvgIpc) is 1.68. The third-order valence-corrected chi connectivity index (χ3v) is 43.1. The van der Waals surface area contributed by atoms with Gasteiger partial charge in [-0.05, 0) is 369 Å². The molecule has 0 aromatic rings. The molecule has 5 aliphatic heterocycles. The van der Waals surface area contributed by atoms with Gasteiger partial charge in [-0.25, -0.2) is 0 Å². The second-order valence-electron chi connectivity index (χ2n) is 53.4. The van der Waals surface area contributed by atoms with E-state index in [0.29, 0.717) is 141 Å². The normalized spacial score (nSPS) is 54.0. The van der Waals surface area contributed by atoms with E-state index in [9.17, 15) is 39.0 Å². The van der Waals surface area contributed by atoms with Crippen molar-refractivity contribution in [2.24, 2.45) is 161 Å². The van der Waals surface area contributed by atoms with Crippen molar-refractivity contribution in [1.29, 1.82) is 0 Å². The molecule has 2 N–H and O–H groups in total. The average molecular weight is 1710 g/mol. The molecule has 36 atom stereocenters. The van der Waals surface area contributed by atoms with Gasteiger partial charge in [0.1, 0.15) is 29.9 Å². The van der Waals surface area contributed by atoms with Crippen LogP contribution in [0.2, 0.25) is 0 Å². The molecule has 20 fully saturated rings. The summed E-state index contributed by atoms with van der Waals surface area (Å²) in [7, 11) is 0. The fraction of sp³-hybridized carbons (Fsp3) is 0.908. The molecular formula is C109H172O14. The minimum Gasteiger partial charge on any atom is -0.382 e. The van der Waals surface area contributed by atoms with Gasteiger partial charge in [0.2, 0.25) is 0 Å². The number of epoxide rings is 5. The third kappa shape index (κ3) is 17.2. The lowest BCUT2D eigenvalue weighted by atomic mass is 9.51. The van der Waals surface area contributed by atoms with Crippen molar-refractivity contribution in [3.05, 3.63) is 24.3 Å². The van der Waals surface area contributed by atoms with Gasteiger partial charge in [-0.2, -0.15) is 0 Å². The SMILES string of the molecule is C=C1C(=O)CC2CC3CC3(C)CCC3OC3(C)CCC1C2(C)C.C=C1C(=O)CC2CC3CC3(C)CCC3OC3(C)C[C@H](OCC=O)C1C2(C)C.CC12CCC3OC3(C)CCC3C(C)(O)C(=O)CC(CC1C2)C3(C)C.CC1C(=O)CC2CC3CC3(C)CCC3OC3(C)C[C@H](C)C1C2(C)C.C[C@H]1CC2(C)OC2CCC2(C)CC2CC2CC(=O)C(C)(O)C1C2(C)C. The Hall–Kier alpha value is -2.82. The number of fused-ring (bicyclic) bond motifs is 20. The van der Waals surface area contributed by atoms with Crippen LogP contribution in [0.15, 0.2) is 24.3 Å². The van der Waals surface area contributed by atoms with Crippen LogP contribution in [-0.4, -0.2) is 128 Å². The van der Waals surface area contributed by atoms with E-state index in [1.807, 2.05) is 0 Å². The lowest BCUT2D eigenvalue weighted by molar-refractivity contribution is -0.171. The predicted molar refractivity (Wildman–Crippen MR) is 484 cm³/mol. The Kier molecular flexibility index (Phi) is 23.5. The maximum atomic E-state index is 12.9. The molecule has 5 heterocycles. The number of ketones is 5. The molecule has 33 unspecified atom stereocenters. The van der Waals surface area contributed by atoms with Crippen LogP contribution in [0.3, 0.4) is 0 Å². The molecule has 0 radical (unpaired) electrons. The number of hydrogen-bond acceptors (Lipinski definition) is 14. The summed E-state index contributed by atoms with van der Waals surface area (Å²) in [6.45, 7) is 65.6. The minimum atomic E-state index is -1.21. The highest BCUT2D eigenvalue weighted by Crippen LogP contribution is 2.71. The van der Waals surface area contributed by atoms with Crippen LogP contribution in [0.5, 0.6) is 0 Å². The minimum absolute atomic E-state index is 0.000847. The summed E-state index contributed by atoms with van der Waals surface area (Å²) in [5.74, 6) is 9.10. The number of rotatable bonds is 3. The number of aldehydes is 1. The molecule has 15 saturated carbocycles. The molecular weight excluding hydrogens is 1530 g/mol. The maximum absolute atomic E-state index is 12.9. The molecule has 20 rings (SSSR count). The van der Waals surface area contributed by atoms with Gasteiger partial charge in [0.05, 0.1) is 64.6 Å². The Labute approximate surface area is 744 Å². The van der Waals surface area contributed by atoms with Crippen LogP contribution in [-0.2, 0) is 57.2 Å². The number of ether oxygens (including phenoxy) is 6. The topological polar surface area (TPSA) is 215 Å². The van der Waals surface area contributed by atoms with E-state index in [1.165, 1.54) is 103 Å². The standard InChI is InChI=1S/C23H34O4.C22H36O3.C22H36O2.C21H34O3.C21H32O2/c1-14-17(25)11-15-10-16-12-22(16,4)7-6-19-23(5,27-19)13-18(26-9-8-24)20(14)21(15,2)3;1-13-11-21(5)17(25-21)7-8-20(4)12-15(20)9-14-10-16(23)22(6,24)18(13)19(14,2)3;1-13-11-22(6)18(24-22)7-8-21(5)12-16(21)9-15-10-17(23)14(2)19(13)20(15,3)4;1-18(2)13-10-14-12-19(14,3)8-7-17-20(4,24-17)9-6-15(18)21(5,23)16(22)11-13;1-13-16-6-9-21(5)18(23-21)7-8-20(4)12-15(20)10-14(11-17(13)22)19(16,2)3/h8,15-16,18-20H,1,6-7,9-13H2,2-5H3;13-15,17-18,24H,7-12H2,1-6H3;13-16,18-19H,7-12H2,1-6H3;13-15,17,23H,6-12H2,1-5H3;14-16,18H,1,6-12H2,2-5H3/t15?,16?,18-,19?,20?,22?,23?;13-,14?,15?,17?,18?,20?,21?,22?;13-,14?,15?,16?,18?,19?,21?,22?;;/m000../s1. The summed E-state index contributed by atoms with van der Waals surface area (Å²) in [5, 5.41) is 22.2. The summed E-state index contributed by atoms with van der Waals surface area (Å²) < 4.78 is 36.6. The van der Waals surface area contributed by atoms with Gasteiger partial charge in [-0.15, -0.1) is 0 Å². The number of aliphatic hydroxyl groups is 2. The molecule has 0 spiro atoms.